The quantitative estimate of drug-likeness (QED) is 0.748. The normalized spacial score (nSPS) is 11.2. The molecule has 1 aromatic rings. The molecule has 0 spiro atoms. The third-order valence-electron chi connectivity index (χ3n) is 2.05. The van der Waals surface area contributed by atoms with Gasteiger partial charge in [-0.15, -0.1) is 10.2 Å². The second-order valence-electron chi connectivity index (χ2n) is 5.03. The molecule has 0 fully saturated rings. The van der Waals surface area contributed by atoms with Gasteiger partial charge < -0.3 is 14.2 Å². The summed E-state index contributed by atoms with van der Waals surface area (Å²) >= 11 is 0. The number of hydrogen-bond donors (Lipinski definition) is 0. The van der Waals surface area contributed by atoms with Gasteiger partial charge in [-0.2, -0.15) is 0 Å². The lowest BCUT2D eigenvalue weighted by Gasteiger charge is -2.24. The largest absolute Gasteiger partial charge is 0.444 e. The van der Waals surface area contributed by atoms with Gasteiger partial charge in [-0.1, -0.05) is 0 Å². The van der Waals surface area contributed by atoms with Gasteiger partial charge in [0.05, 0.1) is 6.54 Å². The van der Waals surface area contributed by atoms with E-state index in [1.54, 1.807) is 27.8 Å². The molecule has 0 N–H and O–H groups in total. The fourth-order valence-electron chi connectivity index (χ4n) is 1.23. The second-order valence-corrected chi connectivity index (χ2v) is 5.03. The van der Waals surface area contributed by atoms with Gasteiger partial charge >= 0.3 is 6.09 Å². The zero-order valence-electron chi connectivity index (χ0n) is 11.3. The molecule has 0 atom stereocenters. The van der Waals surface area contributed by atoms with Gasteiger partial charge in [-0.3, -0.25) is 4.79 Å². The molecule has 1 rings (SSSR count). The maximum Gasteiger partial charge on any atom is 0.410 e. The third-order valence-corrected chi connectivity index (χ3v) is 2.05. The van der Waals surface area contributed by atoms with Gasteiger partial charge in [-0.25, -0.2) is 4.79 Å². The first kappa shape index (κ1) is 14.1. The molecule has 0 bridgehead atoms. The summed E-state index contributed by atoms with van der Waals surface area (Å²) in [6.07, 6.45) is 0.888. The molecule has 0 saturated carbocycles. The van der Waals surface area contributed by atoms with Crippen LogP contribution < -0.4 is 0 Å². The summed E-state index contributed by atoms with van der Waals surface area (Å²) in [7, 11) is 3.17. The number of rotatable bonds is 3. The number of amides is 1. The Bertz CT molecular complexity index is 447. The van der Waals surface area contributed by atoms with Crippen LogP contribution in [0.3, 0.4) is 0 Å². The Kier molecular flexibility index (Phi) is 4.05. The lowest BCUT2D eigenvalue weighted by molar-refractivity contribution is 0.0293. The third kappa shape index (κ3) is 3.83. The van der Waals surface area contributed by atoms with Crippen molar-refractivity contribution in [3.05, 3.63) is 12.2 Å². The van der Waals surface area contributed by atoms with Crippen molar-refractivity contribution in [1.82, 2.24) is 19.7 Å². The van der Waals surface area contributed by atoms with Crippen LogP contribution in [0.2, 0.25) is 0 Å². The van der Waals surface area contributed by atoms with Gasteiger partial charge in [0.1, 0.15) is 11.9 Å². The monoisotopic (exact) mass is 254 g/mol. The molecule has 0 aliphatic rings. The zero-order chi connectivity index (χ0) is 13.9. The number of carbonyl (C=O) groups is 2. The Labute approximate surface area is 106 Å². The van der Waals surface area contributed by atoms with E-state index >= 15 is 0 Å². The van der Waals surface area contributed by atoms with Crippen molar-refractivity contribution in [1.29, 1.82) is 0 Å². The minimum atomic E-state index is -0.584. The Morgan fingerprint density at radius 2 is 2.06 bits per heavy atom. The maximum atomic E-state index is 11.8. The van der Waals surface area contributed by atoms with E-state index in [1.807, 2.05) is 0 Å². The van der Waals surface area contributed by atoms with Crippen LogP contribution in [0.5, 0.6) is 0 Å². The number of hydrogen-bond acceptors (Lipinski definition) is 5. The molecule has 0 unspecified atom stereocenters. The van der Waals surface area contributed by atoms with Gasteiger partial charge in [0, 0.05) is 14.1 Å². The molecule has 7 heteroatoms. The summed E-state index contributed by atoms with van der Waals surface area (Å²) in [5, 5.41) is 7.30. The number of ether oxygens (including phenoxy) is 1. The van der Waals surface area contributed by atoms with E-state index in [9.17, 15) is 9.59 Å². The average molecular weight is 254 g/mol. The summed E-state index contributed by atoms with van der Waals surface area (Å²) in [5.41, 5.74) is -0.584. The molecule has 0 aliphatic heterocycles. The first-order valence-electron chi connectivity index (χ1n) is 5.52. The van der Waals surface area contributed by atoms with Crippen molar-refractivity contribution in [2.24, 2.45) is 7.05 Å². The Balaban J connectivity index is 2.60. The molecule has 0 saturated heterocycles. The number of aromatic nitrogens is 3. The van der Waals surface area contributed by atoms with Crippen molar-refractivity contribution >= 4 is 11.9 Å². The van der Waals surface area contributed by atoms with E-state index in [0.717, 1.165) is 0 Å². The van der Waals surface area contributed by atoms with Crippen molar-refractivity contribution in [2.45, 2.75) is 26.4 Å². The predicted octanol–water partition coefficient (Wildman–Crippen LogP) is 0.865. The van der Waals surface area contributed by atoms with Crippen LogP contribution in [0.1, 0.15) is 31.4 Å². The molecule has 7 nitrogen and oxygen atoms in total. The smallest absolute Gasteiger partial charge is 0.410 e. The summed E-state index contributed by atoms with van der Waals surface area (Å²) in [6, 6.07) is 0. The number of Topliss-reactive ketones (excluding diaryl/α,β-unsaturated/α-hetero) is 1. The molecular formula is C11H18N4O3. The lowest BCUT2D eigenvalue weighted by atomic mass is 10.2. The Hall–Kier alpha value is -1.92. The van der Waals surface area contributed by atoms with E-state index in [1.165, 1.54) is 22.8 Å². The molecule has 18 heavy (non-hydrogen) atoms. The number of likely N-dealkylation sites (N-methyl/N-ethyl adjacent to an activating group) is 1. The minimum Gasteiger partial charge on any atom is -0.444 e. The SMILES string of the molecule is CN(CC(=O)c1nncn1C)C(=O)OC(C)(C)C. The predicted molar refractivity (Wildman–Crippen MR) is 64.2 cm³/mol. The number of nitrogens with zero attached hydrogens (tertiary/aromatic N) is 4. The van der Waals surface area contributed by atoms with Crippen molar-refractivity contribution in [3.63, 3.8) is 0 Å². The topological polar surface area (TPSA) is 77.3 Å². The van der Waals surface area contributed by atoms with E-state index in [4.69, 9.17) is 4.74 Å². The fraction of sp³-hybridized carbons (Fsp3) is 0.636. The second kappa shape index (κ2) is 5.16. The molecule has 1 heterocycles. The van der Waals surface area contributed by atoms with Crippen LogP contribution in [-0.2, 0) is 11.8 Å². The van der Waals surface area contributed by atoms with Crippen molar-refractivity contribution in [3.8, 4) is 0 Å². The van der Waals surface area contributed by atoms with Gasteiger partial charge in [0.2, 0.25) is 11.6 Å². The van der Waals surface area contributed by atoms with Crippen molar-refractivity contribution in [2.75, 3.05) is 13.6 Å². The van der Waals surface area contributed by atoms with Gasteiger partial charge in [0.15, 0.2) is 0 Å². The summed E-state index contributed by atoms with van der Waals surface area (Å²) < 4.78 is 6.65. The molecule has 0 aromatic carbocycles. The first-order valence-corrected chi connectivity index (χ1v) is 5.52. The fourth-order valence-corrected chi connectivity index (χ4v) is 1.23. The number of carbonyl (C=O) groups excluding carboxylic acids is 2. The summed E-state index contributed by atoms with van der Waals surface area (Å²) in [5.74, 6) is -0.0752. The molecule has 0 radical (unpaired) electrons. The van der Waals surface area contributed by atoms with Gasteiger partial charge in [-0.05, 0) is 20.8 Å². The molecule has 0 aliphatic carbocycles. The van der Waals surface area contributed by atoms with Crippen LogP contribution in [0.15, 0.2) is 6.33 Å². The van der Waals surface area contributed by atoms with Crippen LogP contribution in [0, 0.1) is 0 Å². The van der Waals surface area contributed by atoms with Crippen LogP contribution in [0.25, 0.3) is 0 Å². The van der Waals surface area contributed by atoms with Gasteiger partial charge in [0.25, 0.3) is 0 Å². The van der Waals surface area contributed by atoms with Crippen LogP contribution in [0.4, 0.5) is 4.79 Å². The van der Waals surface area contributed by atoms with E-state index in [-0.39, 0.29) is 18.2 Å². The standard InChI is InChI=1S/C11H18N4O3/c1-11(2,3)18-10(17)14(4)6-8(16)9-13-12-7-15(9)5/h7H,6H2,1-5H3. The number of ketones is 1. The summed E-state index contributed by atoms with van der Waals surface area (Å²) in [6.45, 7) is 5.21. The molecular weight excluding hydrogens is 236 g/mol. The van der Waals surface area contributed by atoms with E-state index in [2.05, 4.69) is 10.2 Å². The lowest BCUT2D eigenvalue weighted by Crippen LogP contribution is -2.37. The van der Waals surface area contributed by atoms with Crippen molar-refractivity contribution < 1.29 is 14.3 Å². The van der Waals surface area contributed by atoms with Crippen LogP contribution in [-0.4, -0.2) is 50.7 Å². The zero-order valence-corrected chi connectivity index (χ0v) is 11.3. The van der Waals surface area contributed by atoms with E-state index < -0.39 is 11.7 Å². The Morgan fingerprint density at radius 3 is 2.50 bits per heavy atom. The average Bonchev–Trinajstić information content (AvgIpc) is 2.61. The number of aryl methyl sites for hydroxylation is 1. The highest BCUT2D eigenvalue weighted by molar-refractivity contribution is 5.95. The highest BCUT2D eigenvalue weighted by Gasteiger charge is 2.22. The highest BCUT2D eigenvalue weighted by atomic mass is 16.6. The highest BCUT2D eigenvalue weighted by Crippen LogP contribution is 2.09. The molecule has 1 amide bonds. The minimum absolute atomic E-state index is 0.0958. The molecule has 1 aromatic heterocycles. The summed E-state index contributed by atoms with van der Waals surface area (Å²) in [4.78, 5) is 24.7. The maximum absolute atomic E-state index is 11.8. The van der Waals surface area contributed by atoms with E-state index in [0.29, 0.717) is 0 Å². The van der Waals surface area contributed by atoms with Crippen LogP contribution >= 0.6 is 0 Å². The molecule has 100 valence electrons. The Morgan fingerprint density at radius 1 is 1.44 bits per heavy atom. The first-order chi connectivity index (χ1) is 8.20.